The lowest BCUT2D eigenvalue weighted by Gasteiger charge is -2.38. The molecule has 3 aromatic carbocycles. The van der Waals surface area contributed by atoms with Gasteiger partial charge in [0.05, 0.1) is 10.6 Å². The molecule has 1 amide bonds. The van der Waals surface area contributed by atoms with Gasteiger partial charge in [0.2, 0.25) is 5.91 Å². The van der Waals surface area contributed by atoms with Crippen LogP contribution in [-0.4, -0.2) is 40.6 Å². The van der Waals surface area contributed by atoms with Crippen molar-refractivity contribution in [2.45, 2.75) is 30.1 Å². The molecule has 4 rings (SSSR count). The highest BCUT2D eigenvalue weighted by Gasteiger charge is 2.35. The Morgan fingerprint density at radius 1 is 0.971 bits per heavy atom. The summed E-state index contributed by atoms with van der Waals surface area (Å²) in [6.07, 6.45) is 1.57. The molecule has 1 heterocycles. The third kappa shape index (κ3) is 5.94. The Labute approximate surface area is 215 Å². The summed E-state index contributed by atoms with van der Waals surface area (Å²) in [5.41, 5.74) is 2.29. The van der Waals surface area contributed by atoms with Crippen LogP contribution in [0.2, 0.25) is 0 Å². The molecule has 1 fully saturated rings. The first-order valence-corrected chi connectivity index (χ1v) is 13.8. The minimum atomic E-state index is -3.95. The number of aryl methyl sites for hydroxylation is 1. The van der Waals surface area contributed by atoms with E-state index in [0.29, 0.717) is 25.4 Å². The number of hydrogen-bond donors (Lipinski definition) is 1. The first-order valence-electron chi connectivity index (χ1n) is 11.6. The summed E-state index contributed by atoms with van der Waals surface area (Å²) in [6, 6.07) is 23.7. The van der Waals surface area contributed by atoms with Crippen molar-refractivity contribution in [3.8, 4) is 0 Å². The average Bonchev–Trinajstić information content (AvgIpc) is 2.88. The third-order valence-electron chi connectivity index (χ3n) is 6.47. The summed E-state index contributed by atoms with van der Waals surface area (Å²) in [6.45, 7) is 3.24. The molecule has 0 saturated carbocycles. The van der Waals surface area contributed by atoms with Crippen LogP contribution in [0.4, 0.5) is 5.69 Å². The summed E-state index contributed by atoms with van der Waals surface area (Å²) >= 11 is 3.39. The van der Waals surface area contributed by atoms with Crippen molar-refractivity contribution in [1.29, 1.82) is 0 Å². The molecule has 1 N–H and O–H groups in total. The van der Waals surface area contributed by atoms with E-state index in [1.807, 2.05) is 25.1 Å². The standard InChI is InChI=1S/C27H29BrN2O4S/c1-21-7-13-25(14-8-21)35(32,33)30(24-11-9-23(28)10-12-24)19-26(31)29-20-27(15-17-34-18-16-27)22-5-3-2-4-6-22/h2-14H,15-20H2,1H3,(H,29,31). The topological polar surface area (TPSA) is 75.7 Å². The fourth-order valence-electron chi connectivity index (χ4n) is 4.34. The van der Waals surface area contributed by atoms with Gasteiger partial charge < -0.3 is 10.1 Å². The molecule has 6 nitrogen and oxygen atoms in total. The fourth-order valence-corrected chi connectivity index (χ4v) is 6.02. The van der Waals surface area contributed by atoms with Gasteiger partial charge in [0.15, 0.2) is 0 Å². The molecule has 0 spiro atoms. The Morgan fingerprint density at radius 2 is 1.60 bits per heavy atom. The molecular weight excluding hydrogens is 528 g/mol. The van der Waals surface area contributed by atoms with Crippen LogP contribution in [0, 0.1) is 6.92 Å². The third-order valence-corrected chi connectivity index (χ3v) is 8.79. The first kappa shape index (κ1) is 25.4. The predicted molar refractivity (Wildman–Crippen MR) is 141 cm³/mol. The highest BCUT2D eigenvalue weighted by molar-refractivity contribution is 9.10. The van der Waals surface area contributed by atoms with E-state index in [4.69, 9.17) is 4.74 Å². The Hall–Kier alpha value is -2.68. The maximum Gasteiger partial charge on any atom is 0.264 e. The van der Waals surface area contributed by atoms with E-state index in [1.54, 1.807) is 48.5 Å². The molecule has 35 heavy (non-hydrogen) atoms. The number of rotatable bonds is 8. The van der Waals surface area contributed by atoms with E-state index in [9.17, 15) is 13.2 Å². The van der Waals surface area contributed by atoms with Crippen molar-refractivity contribution in [1.82, 2.24) is 5.32 Å². The van der Waals surface area contributed by atoms with Gasteiger partial charge in [-0.15, -0.1) is 0 Å². The molecule has 1 saturated heterocycles. The maximum atomic E-state index is 13.6. The molecule has 0 radical (unpaired) electrons. The summed E-state index contributed by atoms with van der Waals surface area (Å²) in [5, 5.41) is 3.03. The van der Waals surface area contributed by atoms with Crippen LogP contribution >= 0.6 is 15.9 Å². The first-order chi connectivity index (χ1) is 16.8. The number of hydrogen-bond acceptors (Lipinski definition) is 4. The number of amides is 1. The van der Waals surface area contributed by atoms with Gasteiger partial charge in [0.1, 0.15) is 6.54 Å². The zero-order valence-corrected chi connectivity index (χ0v) is 22.0. The molecular formula is C27H29BrN2O4S. The van der Waals surface area contributed by atoms with Crippen molar-refractivity contribution in [2.75, 3.05) is 30.6 Å². The molecule has 0 aliphatic carbocycles. The predicted octanol–water partition coefficient (Wildman–Crippen LogP) is 4.82. The van der Waals surface area contributed by atoms with Crippen LogP contribution in [0.25, 0.3) is 0 Å². The molecule has 0 unspecified atom stereocenters. The van der Waals surface area contributed by atoms with Crippen molar-refractivity contribution in [2.24, 2.45) is 0 Å². The van der Waals surface area contributed by atoms with Crippen molar-refractivity contribution < 1.29 is 17.9 Å². The van der Waals surface area contributed by atoms with Crippen LogP contribution in [0.5, 0.6) is 0 Å². The van der Waals surface area contributed by atoms with Crippen molar-refractivity contribution >= 4 is 37.5 Å². The largest absolute Gasteiger partial charge is 0.381 e. The van der Waals surface area contributed by atoms with Gasteiger partial charge in [-0.3, -0.25) is 9.10 Å². The maximum absolute atomic E-state index is 13.6. The lowest BCUT2D eigenvalue weighted by atomic mass is 9.74. The van der Waals surface area contributed by atoms with E-state index in [2.05, 4.69) is 33.4 Å². The van der Waals surface area contributed by atoms with Crippen LogP contribution in [0.3, 0.4) is 0 Å². The number of benzene rings is 3. The van der Waals surface area contributed by atoms with Crippen LogP contribution in [0.1, 0.15) is 24.0 Å². The number of sulfonamides is 1. The van der Waals surface area contributed by atoms with Gasteiger partial charge in [-0.05, 0) is 61.7 Å². The summed E-state index contributed by atoms with van der Waals surface area (Å²) in [4.78, 5) is 13.3. The molecule has 1 aliphatic heterocycles. The molecule has 184 valence electrons. The second-order valence-corrected chi connectivity index (χ2v) is 11.6. The SMILES string of the molecule is Cc1ccc(S(=O)(=O)N(CC(=O)NCC2(c3ccccc3)CCOCC2)c2ccc(Br)cc2)cc1. The smallest absolute Gasteiger partial charge is 0.264 e. The molecule has 0 atom stereocenters. The van der Waals surface area contributed by atoms with E-state index in [0.717, 1.165) is 28.4 Å². The number of nitrogens with one attached hydrogen (secondary N) is 1. The fraction of sp³-hybridized carbons (Fsp3) is 0.296. The van der Waals surface area contributed by atoms with Gasteiger partial charge in [0, 0.05) is 29.6 Å². The van der Waals surface area contributed by atoms with Gasteiger partial charge in [0.25, 0.3) is 10.0 Å². The number of nitrogens with zero attached hydrogens (tertiary/aromatic N) is 1. The molecule has 0 bridgehead atoms. The van der Waals surface area contributed by atoms with Gasteiger partial charge >= 0.3 is 0 Å². The highest BCUT2D eigenvalue weighted by atomic mass is 79.9. The van der Waals surface area contributed by atoms with E-state index in [1.165, 1.54) is 4.31 Å². The van der Waals surface area contributed by atoms with E-state index < -0.39 is 10.0 Å². The highest BCUT2D eigenvalue weighted by Crippen LogP contribution is 2.34. The van der Waals surface area contributed by atoms with Gasteiger partial charge in [-0.25, -0.2) is 8.42 Å². The number of halogens is 1. The van der Waals surface area contributed by atoms with Crippen LogP contribution in [0.15, 0.2) is 88.2 Å². The number of carbonyl (C=O) groups is 1. The zero-order valence-electron chi connectivity index (χ0n) is 19.6. The monoisotopic (exact) mass is 556 g/mol. The van der Waals surface area contributed by atoms with E-state index >= 15 is 0 Å². The summed E-state index contributed by atoms with van der Waals surface area (Å²) in [7, 11) is -3.95. The number of anilines is 1. The Morgan fingerprint density at radius 3 is 2.23 bits per heavy atom. The number of ether oxygens (including phenoxy) is 1. The quantitative estimate of drug-likeness (QED) is 0.431. The average molecular weight is 558 g/mol. The Kier molecular flexibility index (Phi) is 7.94. The van der Waals surface area contributed by atoms with Crippen LogP contribution < -0.4 is 9.62 Å². The second kappa shape index (κ2) is 10.9. The lowest BCUT2D eigenvalue weighted by molar-refractivity contribution is -0.120. The zero-order chi connectivity index (χ0) is 24.9. The molecule has 1 aliphatic rings. The summed E-state index contributed by atoms with van der Waals surface area (Å²) in [5.74, 6) is -0.356. The molecule has 3 aromatic rings. The van der Waals surface area contributed by atoms with Crippen LogP contribution in [-0.2, 0) is 25.0 Å². The lowest BCUT2D eigenvalue weighted by Crippen LogP contribution is -2.48. The number of carbonyl (C=O) groups excluding carboxylic acids is 1. The molecule has 8 heteroatoms. The summed E-state index contributed by atoms with van der Waals surface area (Å²) < 4.78 is 34.7. The molecule has 0 aromatic heterocycles. The Balaban J connectivity index is 1.57. The van der Waals surface area contributed by atoms with Gasteiger partial charge in [-0.1, -0.05) is 64.0 Å². The normalized spacial score (nSPS) is 15.4. The minimum absolute atomic E-state index is 0.143. The van der Waals surface area contributed by atoms with Crippen molar-refractivity contribution in [3.63, 3.8) is 0 Å². The Bertz CT molecular complexity index is 1240. The van der Waals surface area contributed by atoms with Gasteiger partial charge in [-0.2, -0.15) is 0 Å². The second-order valence-electron chi connectivity index (χ2n) is 8.84. The van der Waals surface area contributed by atoms with E-state index in [-0.39, 0.29) is 22.8 Å². The minimum Gasteiger partial charge on any atom is -0.381 e. The van der Waals surface area contributed by atoms with Crippen molar-refractivity contribution in [3.05, 3.63) is 94.5 Å².